The number of hydrogen-bond acceptors (Lipinski definition) is 4. The van der Waals surface area contributed by atoms with Gasteiger partial charge < -0.3 is 4.90 Å². The van der Waals surface area contributed by atoms with Crippen LogP contribution < -0.4 is 4.90 Å². The zero-order chi connectivity index (χ0) is 13.8. The normalized spacial score (nSPS) is 17.2. The number of halogens is 1. The Morgan fingerprint density at radius 2 is 1.89 bits per heavy atom. The third-order valence-electron chi connectivity index (χ3n) is 3.52. The fourth-order valence-corrected chi connectivity index (χ4v) is 2.88. The van der Waals surface area contributed by atoms with Gasteiger partial charge in [-0.1, -0.05) is 32.4 Å². The number of nitrogens with zero attached hydrogens (tertiary/aromatic N) is 4. The summed E-state index contributed by atoms with van der Waals surface area (Å²) >= 11 is 6.16. The SMILES string of the molecule is CCc1c(Cl)ncnc1N1CCN(CC(C)C)CC1. The Hall–Kier alpha value is -0.870. The number of anilines is 1. The summed E-state index contributed by atoms with van der Waals surface area (Å²) in [4.78, 5) is 13.4. The lowest BCUT2D eigenvalue weighted by Gasteiger charge is -2.36. The van der Waals surface area contributed by atoms with Crippen molar-refractivity contribution < 1.29 is 0 Å². The standard InChI is InChI=1S/C14H23ClN4/c1-4-12-13(15)16-10-17-14(12)19-7-5-18(6-8-19)9-11(2)3/h10-11H,4-9H2,1-3H3. The zero-order valence-corrected chi connectivity index (χ0v) is 12.8. The molecule has 1 aliphatic heterocycles. The van der Waals surface area contributed by atoms with Crippen LogP contribution in [0, 0.1) is 5.92 Å². The van der Waals surface area contributed by atoms with Gasteiger partial charge >= 0.3 is 0 Å². The van der Waals surface area contributed by atoms with Crippen molar-refractivity contribution in [1.29, 1.82) is 0 Å². The van der Waals surface area contributed by atoms with Crippen LogP contribution in [-0.2, 0) is 6.42 Å². The first kappa shape index (κ1) is 14.5. The smallest absolute Gasteiger partial charge is 0.137 e. The van der Waals surface area contributed by atoms with Gasteiger partial charge in [0.1, 0.15) is 17.3 Å². The summed E-state index contributed by atoms with van der Waals surface area (Å²) in [5, 5.41) is 0.595. The predicted molar refractivity (Wildman–Crippen MR) is 79.9 cm³/mol. The second-order valence-corrected chi connectivity index (χ2v) is 5.86. The van der Waals surface area contributed by atoms with Gasteiger partial charge in [-0.3, -0.25) is 4.90 Å². The van der Waals surface area contributed by atoms with Crippen molar-refractivity contribution in [2.24, 2.45) is 5.92 Å². The minimum atomic E-state index is 0.595. The molecule has 1 aromatic heterocycles. The van der Waals surface area contributed by atoms with Crippen molar-refractivity contribution in [2.45, 2.75) is 27.2 Å². The Labute approximate surface area is 120 Å². The monoisotopic (exact) mass is 282 g/mol. The second kappa shape index (κ2) is 6.53. The highest BCUT2D eigenvalue weighted by molar-refractivity contribution is 6.30. The summed E-state index contributed by atoms with van der Waals surface area (Å²) in [6.07, 6.45) is 2.44. The highest BCUT2D eigenvalue weighted by Crippen LogP contribution is 2.24. The molecule has 0 aromatic carbocycles. The Bertz CT molecular complexity index is 414. The molecule has 19 heavy (non-hydrogen) atoms. The molecule has 1 aromatic rings. The molecular formula is C14H23ClN4. The van der Waals surface area contributed by atoms with Gasteiger partial charge in [-0.15, -0.1) is 0 Å². The average Bonchev–Trinajstić information content (AvgIpc) is 2.38. The minimum Gasteiger partial charge on any atom is -0.354 e. The molecule has 0 N–H and O–H groups in total. The van der Waals surface area contributed by atoms with E-state index in [1.165, 1.54) is 6.54 Å². The van der Waals surface area contributed by atoms with Gasteiger partial charge in [0.2, 0.25) is 0 Å². The lowest BCUT2D eigenvalue weighted by atomic mass is 10.1. The molecule has 0 atom stereocenters. The van der Waals surface area contributed by atoms with Gasteiger partial charge in [0, 0.05) is 38.3 Å². The van der Waals surface area contributed by atoms with Crippen molar-refractivity contribution >= 4 is 17.4 Å². The Morgan fingerprint density at radius 3 is 2.47 bits per heavy atom. The summed E-state index contributed by atoms with van der Waals surface area (Å²) in [5.74, 6) is 1.75. The zero-order valence-electron chi connectivity index (χ0n) is 12.1. The number of rotatable bonds is 4. The van der Waals surface area contributed by atoms with Crippen LogP contribution in [0.25, 0.3) is 0 Å². The maximum Gasteiger partial charge on any atom is 0.137 e. The predicted octanol–water partition coefficient (Wildman–Crippen LogP) is 2.47. The van der Waals surface area contributed by atoms with Crippen LogP contribution in [0.1, 0.15) is 26.3 Å². The summed E-state index contributed by atoms with van der Waals surface area (Å²) in [6.45, 7) is 12.1. The highest BCUT2D eigenvalue weighted by atomic mass is 35.5. The molecule has 1 saturated heterocycles. The molecule has 1 aliphatic rings. The van der Waals surface area contributed by atoms with Gasteiger partial charge in [0.05, 0.1) is 0 Å². The van der Waals surface area contributed by atoms with Crippen molar-refractivity contribution in [2.75, 3.05) is 37.6 Å². The average molecular weight is 283 g/mol. The summed E-state index contributed by atoms with van der Waals surface area (Å²) < 4.78 is 0. The molecule has 1 fully saturated rings. The fourth-order valence-electron chi connectivity index (χ4n) is 2.62. The van der Waals surface area contributed by atoms with Crippen LogP contribution in [0.3, 0.4) is 0 Å². The van der Waals surface area contributed by atoms with E-state index >= 15 is 0 Å². The van der Waals surface area contributed by atoms with Crippen LogP contribution in [0.15, 0.2) is 6.33 Å². The fraction of sp³-hybridized carbons (Fsp3) is 0.714. The Balaban J connectivity index is 2.03. The van der Waals surface area contributed by atoms with E-state index in [9.17, 15) is 0 Å². The van der Waals surface area contributed by atoms with E-state index in [-0.39, 0.29) is 0 Å². The lowest BCUT2D eigenvalue weighted by molar-refractivity contribution is 0.231. The summed E-state index contributed by atoms with van der Waals surface area (Å²) in [7, 11) is 0. The molecular weight excluding hydrogens is 260 g/mol. The van der Waals surface area contributed by atoms with E-state index in [1.54, 1.807) is 6.33 Å². The first-order chi connectivity index (χ1) is 9.11. The summed E-state index contributed by atoms with van der Waals surface area (Å²) in [6, 6.07) is 0. The molecule has 4 nitrogen and oxygen atoms in total. The molecule has 0 aliphatic carbocycles. The van der Waals surface area contributed by atoms with Crippen LogP contribution in [0.2, 0.25) is 5.15 Å². The maximum absolute atomic E-state index is 6.16. The van der Waals surface area contributed by atoms with Gasteiger partial charge in [0.15, 0.2) is 0 Å². The molecule has 106 valence electrons. The van der Waals surface area contributed by atoms with Gasteiger partial charge in [-0.2, -0.15) is 0 Å². The molecule has 0 radical (unpaired) electrons. The molecule has 0 spiro atoms. The van der Waals surface area contributed by atoms with E-state index in [1.807, 2.05) is 0 Å². The van der Waals surface area contributed by atoms with E-state index < -0.39 is 0 Å². The third-order valence-corrected chi connectivity index (χ3v) is 3.84. The molecule has 0 saturated carbocycles. The quantitative estimate of drug-likeness (QED) is 0.794. The topological polar surface area (TPSA) is 32.3 Å². The largest absolute Gasteiger partial charge is 0.354 e. The minimum absolute atomic E-state index is 0.595. The lowest BCUT2D eigenvalue weighted by Crippen LogP contribution is -2.48. The van der Waals surface area contributed by atoms with Crippen LogP contribution >= 0.6 is 11.6 Å². The van der Waals surface area contributed by atoms with Crippen molar-refractivity contribution in [3.63, 3.8) is 0 Å². The molecule has 0 amide bonds. The first-order valence-corrected chi connectivity index (χ1v) is 7.46. The van der Waals surface area contributed by atoms with Crippen LogP contribution in [0.5, 0.6) is 0 Å². The van der Waals surface area contributed by atoms with Crippen molar-refractivity contribution in [3.8, 4) is 0 Å². The van der Waals surface area contributed by atoms with Crippen molar-refractivity contribution in [1.82, 2.24) is 14.9 Å². The van der Waals surface area contributed by atoms with Crippen LogP contribution in [-0.4, -0.2) is 47.6 Å². The highest BCUT2D eigenvalue weighted by Gasteiger charge is 2.21. The number of piperazine rings is 1. The second-order valence-electron chi connectivity index (χ2n) is 5.50. The van der Waals surface area contributed by atoms with E-state index in [2.05, 4.69) is 40.5 Å². The Kier molecular flexibility index (Phi) is 4.99. The van der Waals surface area contributed by atoms with Crippen LogP contribution in [0.4, 0.5) is 5.82 Å². The first-order valence-electron chi connectivity index (χ1n) is 7.08. The van der Waals surface area contributed by atoms with E-state index in [0.717, 1.165) is 49.9 Å². The van der Waals surface area contributed by atoms with E-state index in [0.29, 0.717) is 5.15 Å². The van der Waals surface area contributed by atoms with Crippen molar-refractivity contribution in [3.05, 3.63) is 17.0 Å². The summed E-state index contributed by atoms with van der Waals surface area (Å²) in [5.41, 5.74) is 1.07. The number of aromatic nitrogens is 2. The van der Waals surface area contributed by atoms with E-state index in [4.69, 9.17) is 11.6 Å². The molecule has 2 rings (SSSR count). The molecule has 0 unspecified atom stereocenters. The number of hydrogen-bond donors (Lipinski definition) is 0. The van der Waals surface area contributed by atoms with Gasteiger partial charge in [-0.05, 0) is 12.3 Å². The molecule has 5 heteroatoms. The maximum atomic E-state index is 6.16. The molecule has 0 bridgehead atoms. The molecule has 2 heterocycles. The third kappa shape index (κ3) is 3.57. The Morgan fingerprint density at radius 1 is 1.21 bits per heavy atom. The van der Waals surface area contributed by atoms with Gasteiger partial charge in [-0.25, -0.2) is 9.97 Å². The van der Waals surface area contributed by atoms with Gasteiger partial charge in [0.25, 0.3) is 0 Å².